The second kappa shape index (κ2) is 5.34. The Kier molecular flexibility index (Phi) is 4.28. The fourth-order valence-electron chi connectivity index (χ4n) is 1.56. The summed E-state index contributed by atoms with van der Waals surface area (Å²) < 4.78 is 6.87. The first-order chi connectivity index (χ1) is 8.32. The molecular weight excluding hydrogens is 236 g/mol. The molecule has 0 aliphatic heterocycles. The Morgan fingerprint density at radius 2 is 2.17 bits per heavy atom. The second-order valence-electron chi connectivity index (χ2n) is 4.67. The molecule has 102 valence electrons. The number of hydrogen-bond acceptors (Lipinski definition) is 5. The van der Waals surface area contributed by atoms with Crippen molar-refractivity contribution in [1.82, 2.24) is 9.78 Å². The summed E-state index contributed by atoms with van der Waals surface area (Å²) in [5.41, 5.74) is 0.0493. The average molecular weight is 256 g/mol. The van der Waals surface area contributed by atoms with Crippen LogP contribution in [0.5, 0.6) is 0 Å². The van der Waals surface area contributed by atoms with Crippen molar-refractivity contribution < 1.29 is 9.66 Å². The molecule has 0 unspecified atom stereocenters. The van der Waals surface area contributed by atoms with Crippen LogP contribution in [0, 0.1) is 17.0 Å². The topological polar surface area (TPSA) is 82.2 Å². The van der Waals surface area contributed by atoms with Gasteiger partial charge in [0.25, 0.3) is 0 Å². The van der Waals surface area contributed by atoms with Gasteiger partial charge < -0.3 is 10.1 Å². The third-order valence-electron chi connectivity index (χ3n) is 2.81. The van der Waals surface area contributed by atoms with Crippen molar-refractivity contribution in [2.45, 2.75) is 39.8 Å². The van der Waals surface area contributed by atoms with Crippen LogP contribution in [0.25, 0.3) is 0 Å². The number of aryl methyl sites for hydroxylation is 2. The Morgan fingerprint density at radius 1 is 1.56 bits per heavy atom. The van der Waals surface area contributed by atoms with E-state index in [4.69, 9.17) is 4.74 Å². The predicted molar refractivity (Wildman–Crippen MR) is 68.9 cm³/mol. The lowest BCUT2D eigenvalue weighted by Gasteiger charge is -2.23. The van der Waals surface area contributed by atoms with Crippen LogP contribution in [0.3, 0.4) is 0 Å². The molecule has 18 heavy (non-hydrogen) atoms. The van der Waals surface area contributed by atoms with Crippen molar-refractivity contribution in [3.63, 3.8) is 0 Å². The lowest BCUT2D eigenvalue weighted by Crippen LogP contribution is -2.32. The summed E-state index contributed by atoms with van der Waals surface area (Å²) in [5.74, 6) is 0.435. The number of nitro groups is 1. The van der Waals surface area contributed by atoms with Gasteiger partial charge in [0.2, 0.25) is 5.82 Å². The van der Waals surface area contributed by atoms with Crippen molar-refractivity contribution in [3.8, 4) is 0 Å². The van der Waals surface area contributed by atoms with E-state index in [9.17, 15) is 10.1 Å². The first kappa shape index (κ1) is 14.4. The molecule has 1 rings (SSSR count). The smallest absolute Gasteiger partial charge is 0.333 e. The molecule has 7 nitrogen and oxygen atoms in total. The van der Waals surface area contributed by atoms with E-state index in [0.717, 1.165) is 0 Å². The van der Waals surface area contributed by atoms with E-state index in [1.54, 1.807) is 18.7 Å². The zero-order valence-corrected chi connectivity index (χ0v) is 11.5. The van der Waals surface area contributed by atoms with Gasteiger partial charge in [0.15, 0.2) is 0 Å². The monoisotopic (exact) mass is 256 g/mol. The Labute approximate surface area is 106 Å². The largest absolute Gasteiger partial charge is 0.377 e. The highest BCUT2D eigenvalue weighted by Gasteiger charge is 2.26. The highest BCUT2D eigenvalue weighted by atomic mass is 16.6. The van der Waals surface area contributed by atoms with Crippen LogP contribution in [0.1, 0.15) is 26.5 Å². The van der Waals surface area contributed by atoms with E-state index < -0.39 is 10.5 Å². The van der Waals surface area contributed by atoms with Gasteiger partial charge in [-0.3, -0.25) is 10.1 Å². The van der Waals surface area contributed by atoms with Crippen LogP contribution in [-0.4, -0.2) is 34.0 Å². The van der Waals surface area contributed by atoms with Gasteiger partial charge in [-0.2, -0.15) is 5.10 Å². The molecular formula is C11H20N4O3. The number of methoxy groups -OCH3 is 1. The Hall–Kier alpha value is -1.63. The lowest BCUT2D eigenvalue weighted by molar-refractivity contribution is -0.384. The van der Waals surface area contributed by atoms with Gasteiger partial charge in [-0.25, -0.2) is 4.68 Å². The second-order valence-corrected chi connectivity index (χ2v) is 4.67. The van der Waals surface area contributed by atoms with Crippen molar-refractivity contribution in [1.29, 1.82) is 0 Å². The number of rotatable bonds is 6. The summed E-state index contributed by atoms with van der Waals surface area (Å²) in [6.45, 7) is 8.39. The van der Waals surface area contributed by atoms with Gasteiger partial charge in [0.05, 0.1) is 10.5 Å². The van der Waals surface area contributed by atoms with E-state index in [0.29, 0.717) is 24.6 Å². The third-order valence-corrected chi connectivity index (χ3v) is 2.81. The molecule has 0 saturated carbocycles. The van der Waals surface area contributed by atoms with Gasteiger partial charge in [0.1, 0.15) is 5.69 Å². The number of hydrogen-bond donors (Lipinski definition) is 1. The summed E-state index contributed by atoms with van der Waals surface area (Å²) in [6.07, 6.45) is 0. The Balaban J connectivity index is 3.03. The van der Waals surface area contributed by atoms with Gasteiger partial charge in [-0.1, -0.05) is 0 Å². The molecule has 0 spiro atoms. The maximum absolute atomic E-state index is 11.0. The first-order valence-electron chi connectivity index (χ1n) is 5.83. The van der Waals surface area contributed by atoms with Crippen LogP contribution < -0.4 is 5.32 Å². The van der Waals surface area contributed by atoms with Crippen molar-refractivity contribution in [2.75, 3.05) is 19.0 Å². The maximum Gasteiger partial charge on any atom is 0.333 e. The standard InChI is InChI=1S/C11H20N4O3/c1-6-14-10(12-7-11(3,4)18-5)9(15(16)17)8(2)13-14/h12H,6-7H2,1-5H3. The molecule has 1 aromatic heterocycles. The molecule has 0 aliphatic carbocycles. The van der Waals surface area contributed by atoms with Crippen molar-refractivity contribution >= 4 is 11.5 Å². The summed E-state index contributed by atoms with van der Waals surface area (Å²) in [4.78, 5) is 10.6. The zero-order chi connectivity index (χ0) is 13.9. The van der Waals surface area contributed by atoms with E-state index in [1.807, 2.05) is 20.8 Å². The SMILES string of the molecule is CCn1nc(C)c([N+](=O)[O-])c1NCC(C)(C)OC. The number of anilines is 1. The number of nitrogens with zero attached hydrogens (tertiary/aromatic N) is 3. The lowest BCUT2D eigenvalue weighted by atomic mass is 10.1. The van der Waals surface area contributed by atoms with Gasteiger partial charge >= 0.3 is 5.69 Å². The van der Waals surface area contributed by atoms with E-state index >= 15 is 0 Å². The molecule has 0 aliphatic rings. The summed E-state index contributed by atoms with van der Waals surface area (Å²) in [5, 5.41) is 18.3. The quantitative estimate of drug-likeness (QED) is 0.621. The summed E-state index contributed by atoms with van der Waals surface area (Å²) >= 11 is 0. The number of ether oxygens (including phenoxy) is 1. The van der Waals surface area contributed by atoms with Crippen LogP contribution in [-0.2, 0) is 11.3 Å². The zero-order valence-electron chi connectivity index (χ0n) is 11.5. The molecule has 0 bridgehead atoms. The van der Waals surface area contributed by atoms with Gasteiger partial charge in [-0.05, 0) is 27.7 Å². The predicted octanol–water partition coefficient (Wildman–Crippen LogP) is 1.96. The minimum atomic E-state index is -0.406. The number of nitrogens with one attached hydrogen (secondary N) is 1. The summed E-state index contributed by atoms with van der Waals surface area (Å²) in [6, 6.07) is 0. The maximum atomic E-state index is 11.0. The summed E-state index contributed by atoms with van der Waals surface area (Å²) in [7, 11) is 1.61. The van der Waals surface area contributed by atoms with Crippen LogP contribution >= 0.6 is 0 Å². The van der Waals surface area contributed by atoms with E-state index in [-0.39, 0.29) is 5.69 Å². The molecule has 0 radical (unpaired) electrons. The highest BCUT2D eigenvalue weighted by Crippen LogP contribution is 2.28. The minimum absolute atomic E-state index is 0.0313. The molecule has 1 aromatic rings. The highest BCUT2D eigenvalue weighted by molar-refractivity contribution is 5.59. The normalized spacial score (nSPS) is 11.6. The van der Waals surface area contributed by atoms with Crippen LogP contribution in [0.2, 0.25) is 0 Å². The third kappa shape index (κ3) is 2.98. The van der Waals surface area contributed by atoms with E-state index in [2.05, 4.69) is 10.4 Å². The van der Waals surface area contributed by atoms with Gasteiger partial charge in [-0.15, -0.1) is 0 Å². The van der Waals surface area contributed by atoms with E-state index in [1.165, 1.54) is 0 Å². The Bertz CT molecular complexity index is 440. The Morgan fingerprint density at radius 3 is 2.61 bits per heavy atom. The molecule has 1 N–H and O–H groups in total. The molecule has 0 saturated heterocycles. The fourth-order valence-corrected chi connectivity index (χ4v) is 1.56. The average Bonchev–Trinajstić information content (AvgIpc) is 2.63. The van der Waals surface area contributed by atoms with Crippen molar-refractivity contribution in [3.05, 3.63) is 15.8 Å². The molecule has 0 aromatic carbocycles. The molecule has 7 heteroatoms. The molecule has 0 atom stereocenters. The first-order valence-corrected chi connectivity index (χ1v) is 5.83. The van der Waals surface area contributed by atoms with Crippen LogP contribution in [0.15, 0.2) is 0 Å². The van der Waals surface area contributed by atoms with Crippen molar-refractivity contribution in [2.24, 2.45) is 0 Å². The molecule has 0 fully saturated rings. The molecule has 0 amide bonds. The van der Waals surface area contributed by atoms with Gasteiger partial charge in [0, 0.05) is 20.2 Å². The fraction of sp³-hybridized carbons (Fsp3) is 0.727. The minimum Gasteiger partial charge on any atom is -0.377 e. The molecule has 1 heterocycles. The number of aromatic nitrogens is 2. The van der Waals surface area contributed by atoms with Crippen LogP contribution in [0.4, 0.5) is 11.5 Å².